The Bertz CT molecular complexity index is 281. The van der Waals surface area contributed by atoms with Crippen molar-refractivity contribution in [2.24, 2.45) is 0 Å². The van der Waals surface area contributed by atoms with Crippen LogP contribution in [-0.4, -0.2) is 6.04 Å². The maximum atomic E-state index is 5.64. The van der Waals surface area contributed by atoms with Crippen LogP contribution in [0.3, 0.4) is 0 Å². The van der Waals surface area contributed by atoms with Crippen molar-refractivity contribution in [2.45, 2.75) is 19.4 Å². The van der Waals surface area contributed by atoms with Gasteiger partial charge in [0.1, 0.15) is 0 Å². The highest BCUT2D eigenvalue weighted by atomic mass is 14.9. The van der Waals surface area contributed by atoms with Gasteiger partial charge in [-0.1, -0.05) is 6.07 Å². The van der Waals surface area contributed by atoms with E-state index in [1.54, 1.807) is 0 Å². The standard InChI is InChI=1S/C9H12N2/c1-6-4-7-2-3-8(10)5-9(7)11-6/h2-3,5-6,11H,4,10H2,1H3. The molecule has 3 N–H and O–H groups in total. The van der Waals surface area contributed by atoms with Crippen LogP contribution in [0.1, 0.15) is 12.5 Å². The predicted octanol–water partition coefficient (Wildman–Crippen LogP) is 1.63. The smallest absolute Gasteiger partial charge is 0.0396 e. The van der Waals surface area contributed by atoms with E-state index in [9.17, 15) is 0 Å². The molecule has 0 radical (unpaired) electrons. The van der Waals surface area contributed by atoms with Gasteiger partial charge >= 0.3 is 0 Å². The highest BCUT2D eigenvalue weighted by Gasteiger charge is 2.15. The predicted molar refractivity (Wildman–Crippen MR) is 47.6 cm³/mol. The highest BCUT2D eigenvalue weighted by Crippen LogP contribution is 2.27. The van der Waals surface area contributed by atoms with Gasteiger partial charge in [-0.25, -0.2) is 0 Å². The Morgan fingerprint density at radius 1 is 1.55 bits per heavy atom. The monoisotopic (exact) mass is 148 g/mol. The summed E-state index contributed by atoms with van der Waals surface area (Å²) >= 11 is 0. The number of nitrogens with one attached hydrogen (secondary N) is 1. The number of hydrogen-bond donors (Lipinski definition) is 2. The van der Waals surface area contributed by atoms with Crippen LogP contribution in [0.4, 0.5) is 11.4 Å². The van der Waals surface area contributed by atoms with Gasteiger partial charge in [-0.05, 0) is 31.0 Å². The maximum Gasteiger partial charge on any atom is 0.0396 e. The van der Waals surface area contributed by atoms with E-state index < -0.39 is 0 Å². The lowest BCUT2D eigenvalue weighted by Crippen LogP contribution is -2.08. The van der Waals surface area contributed by atoms with Crippen molar-refractivity contribution in [1.82, 2.24) is 0 Å². The molecule has 0 saturated carbocycles. The molecule has 0 bridgehead atoms. The molecule has 0 aliphatic carbocycles. The molecule has 1 aromatic rings. The van der Waals surface area contributed by atoms with Gasteiger partial charge < -0.3 is 11.1 Å². The van der Waals surface area contributed by atoms with Crippen molar-refractivity contribution in [1.29, 1.82) is 0 Å². The molecule has 0 spiro atoms. The molecule has 0 aromatic heterocycles. The van der Waals surface area contributed by atoms with Crippen molar-refractivity contribution in [2.75, 3.05) is 11.1 Å². The Hall–Kier alpha value is -1.18. The third kappa shape index (κ3) is 1.04. The summed E-state index contributed by atoms with van der Waals surface area (Å²) < 4.78 is 0. The number of benzene rings is 1. The van der Waals surface area contributed by atoms with Crippen molar-refractivity contribution in [3.8, 4) is 0 Å². The zero-order valence-corrected chi connectivity index (χ0v) is 6.59. The lowest BCUT2D eigenvalue weighted by molar-refractivity contribution is 0.839. The number of rotatable bonds is 0. The number of nitrogens with two attached hydrogens (primary N) is 1. The normalized spacial score (nSPS) is 21.0. The molecule has 11 heavy (non-hydrogen) atoms. The van der Waals surface area contributed by atoms with Crippen LogP contribution >= 0.6 is 0 Å². The lowest BCUT2D eigenvalue weighted by atomic mass is 10.1. The molecule has 0 amide bonds. The van der Waals surface area contributed by atoms with E-state index in [0.29, 0.717) is 6.04 Å². The molecule has 1 aliphatic heterocycles. The SMILES string of the molecule is CC1Cc2ccc(N)cc2N1. The number of hydrogen-bond acceptors (Lipinski definition) is 2. The van der Waals surface area contributed by atoms with Gasteiger partial charge in [-0.2, -0.15) is 0 Å². The van der Waals surface area contributed by atoms with Crippen LogP contribution in [0.15, 0.2) is 18.2 Å². The molecule has 1 atom stereocenters. The minimum atomic E-state index is 0.562. The zero-order chi connectivity index (χ0) is 7.84. The highest BCUT2D eigenvalue weighted by molar-refractivity contribution is 5.63. The maximum absolute atomic E-state index is 5.64. The van der Waals surface area contributed by atoms with Crippen LogP contribution in [0.25, 0.3) is 0 Å². The molecular weight excluding hydrogens is 136 g/mol. The Morgan fingerprint density at radius 2 is 2.36 bits per heavy atom. The summed E-state index contributed by atoms with van der Waals surface area (Å²) in [4.78, 5) is 0. The molecule has 2 heteroatoms. The summed E-state index contributed by atoms with van der Waals surface area (Å²) in [7, 11) is 0. The van der Waals surface area contributed by atoms with Gasteiger partial charge in [0.15, 0.2) is 0 Å². The van der Waals surface area contributed by atoms with Gasteiger partial charge in [0.2, 0.25) is 0 Å². The van der Waals surface area contributed by atoms with Crippen LogP contribution in [-0.2, 0) is 6.42 Å². The molecule has 1 heterocycles. The van der Waals surface area contributed by atoms with Crippen molar-refractivity contribution in [3.05, 3.63) is 23.8 Å². The van der Waals surface area contributed by atoms with Crippen LogP contribution < -0.4 is 11.1 Å². The fourth-order valence-corrected chi connectivity index (χ4v) is 1.55. The summed E-state index contributed by atoms with van der Waals surface area (Å²) in [6.45, 7) is 2.18. The minimum Gasteiger partial charge on any atom is -0.399 e. The average Bonchev–Trinajstić information content (AvgIpc) is 2.27. The van der Waals surface area contributed by atoms with Crippen LogP contribution in [0.2, 0.25) is 0 Å². The molecule has 1 aliphatic rings. The summed E-state index contributed by atoms with van der Waals surface area (Å²) in [6, 6.07) is 6.62. The zero-order valence-electron chi connectivity index (χ0n) is 6.59. The fourth-order valence-electron chi connectivity index (χ4n) is 1.55. The molecule has 0 fully saturated rings. The van der Waals surface area contributed by atoms with E-state index in [0.717, 1.165) is 12.1 Å². The largest absolute Gasteiger partial charge is 0.399 e. The summed E-state index contributed by atoms with van der Waals surface area (Å²) in [6.07, 6.45) is 1.12. The third-order valence-corrected chi connectivity index (χ3v) is 2.06. The quantitative estimate of drug-likeness (QED) is 0.549. The molecular formula is C9H12N2. The van der Waals surface area contributed by atoms with Crippen LogP contribution in [0, 0.1) is 0 Å². The fraction of sp³-hybridized carbons (Fsp3) is 0.333. The van der Waals surface area contributed by atoms with Crippen molar-refractivity contribution in [3.63, 3.8) is 0 Å². The Labute approximate surface area is 66.4 Å². The third-order valence-electron chi connectivity index (χ3n) is 2.06. The lowest BCUT2D eigenvalue weighted by Gasteiger charge is -2.02. The Kier molecular flexibility index (Phi) is 1.28. The Morgan fingerprint density at radius 3 is 3.18 bits per heavy atom. The molecule has 2 rings (SSSR count). The van der Waals surface area contributed by atoms with Crippen LogP contribution in [0.5, 0.6) is 0 Å². The number of anilines is 2. The van der Waals surface area contributed by atoms with E-state index in [1.807, 2.05) is 12.1 Å². The van der Waals surface area contributed by atoms with Gasteiger partial charge in [-0.3, -0.25) is 0 Å². The van der Waals surface area contributed by atoms with Crippen molar-refractivity contribution < 1.29 is 0 Å². The van der Waals surface area contributed by atoms with Gasteiger partial charge in [0.05, 0.1) is 0 Å². The Balaban J connectivity index is 2.43. The average molecular weight is 148 g/mol. The minimum absolute atomic E-state index is 0.562. The second-order valence-corrected chi connectivity index (χ2v) is 3.17. The van der Waals surface area contributed by atoms with E-state index in [-0.39, 0.29) is 0 Å². The first-order valence-electron chi connectivity index (χ1n) is 3.90. The summed E-state index contributed by atoms with van der Waals surface area (Å²) in [5.74, 6) is 0. The second-order valence-electron chi connectivity index (χ2n) is 3.17. The summed E-state index contributed by atoms with van der Waals surface area (Å²) in [5.41, 5.74) is 9.06. The molecule has 0 saturated heterocycles. The van der Waals surface area contributed by atoms with E-state index in [1.165, 1.54) is 11.3 Å². The molecule has 58 valence electrons. The number of fused-ring (bicyclic) bond motifs is 1. The topological polar surface area (TPSA) is 38.0 Å². The first-order valence-corrected chi connectivity index (χ1v) is 3.90. The van der Waals surface area contributed by atoms with E-state index in [4.69, 9.17) is 5.73 Å². The van der Waals surface area contributed by atoms with Crippen molar-refractivity contribution >= 4 is 11.4 Å². The van der Waals surface area contributed by atoms with E-state index >= 15 is 0 Å². The molecule has 2 nitrogen and oxygen atoms in total. The second kappa shape index (κ2) is 2.16. The molecule has 1 aromatic carbocycles. The van der Waals surface area contributed by atoms with Gasteiger partial charge in [0, 0.05) is 17.4 Å². The molecule has 1 unspecified atom stereocenters. The van der Waals surface area contributed by atoms with Gasteiger partial charge in [-0.15, -0.1) is 0 Å². The van der Waals surface area contributed by atoms with E-state index in [2.05, 4.69) is 18.3 Å². The first-order chi connectivity index (χ1) is 5.25. The van der Waals surface area contributed by atoms with Gasteiger partial charge in [0.25, 0.3) is 0 Å². The first kappa shape index (κ1) is 6.53. The number of nitrogen functional groups attached to an aromatic ring is 1. The summed E-state index contributed by atoms with van der Waals surface area (Å²) in [5, 5.41) is 3.36.